The molecule has 2 aromatic carbocycles. The van der Waals surface area contributed by atoms with Crippen molar-refractivity contribution < 1.29 is 9.59 Å². The Morgan fingerprint density at radius 1 is 0.759 bits per heavy atom. The second-order valence-electron chi connectivity index (χ2n) is 8.12. The van der Waals surface area contributed by atoms with Crippen LogP contribution in [0.1, 0.15) is 22.3 Å². The van der Waals surface area contributed by atoms with Crippen LogP contribution in [-0.4, -0.2) is 54.8 Å². The molecule has 1 saturated heterocycles. The number of carbonyl (C=O) groups excluding carboxylic acids is 2. The summed E-state index contributed by atoms with van der Waals surface area (Å²) in [5.74, 6) is -0.453. The number of nitrogens with zero attached hydrogens (tertiary/aromatic N) is 3. The van der Waals surface area contributed by atoms with Gasteiger partial charge >= 0.3 is 0 Å². The molecule has 0 radical (unpaired) electrons. The molecule has 2 amide bonds. The molecule has 5 heteroatoms. The molecule has 0 saturated carbocycles. The fourth-order valence-corrected chi connectivity index (χ4v) is 4.00. The first-order valence-electron chi connectivity index (χ1n) is 10.1. The lowest BCUT2D eigenvalue weighted by molar-refractivity contribution is -0.120. The van der Waals surface area contributed by atoms with E-state index in [-0.39, 0.29) is 11.8 Å². The molecule has 1 fully saturated rings. The summed E-state index contributed by atoms with van der Waals surface area (Å²) in [7, 11) is 2.08. The molecule has 2 aliphatic heterocycles. The number of amides is 2. The van der Waals surface area contributed by atoms with Crippen molar-refractivity contribution in [3.8, 4) is 0 Å². The molecule has 0 N–H and O–H groups in total. The maximum absolute atomic E-state index is 13.6. The second kappa shape index (κ2) is 7.48. The Bertz CT molecular complexity index is 999. The van der Waals surface area contributed by atoms with E-state index >= 15 is 0 Å². The minimum absolute atomic E-state index is 0.219. The van der Waals surface area contributed by atoms with Gasteiger partial charge in [-0.25, -0.2) is 4.90 Å². The zero-order valence-corrected chi connectivity index (χ0v) is 17.5. The third-order valence-electron chi connectivity index (χ3n) is 5.82. The number of benzene rings is 2. The van der Waals surface area contributed by atoms with Crippen LogP contribution in [0.5, 0.6) is 0 Å². The number of carbonyl (C=O) groups is 2. The van der Waals surface area contributed by atoms with Crippen LogP contribution in [0.4, 0.5) is 5.69 Å². The fourth-order valence-electron chi connectivity index (χ4n) is 4.00. The molecule has 0 atom stereocenters. The van der Waals surface area contributed by atoms with Crippen molar-refractivity contribution in [3.63, 3.8) is 0 Å². The largest absolute Gasteiger partial charge is 0.364 e. The van der Waals surface area contributed by atoms with Crippen molar-refractivity contribution in [3.05, 3.63) is 70.4 Å². The van der Waals surface area contributed by atoms with Crippen LogP contribution in [0.3, 0.4) is 0 Å². The highest BCUT2D eigenvalue weighted by molar-refractivity contribution is 6.45. The molecule has 2 heterocycles. The molecule has 29 heavy (non-hydrogen) atoms. The summed E-state index contributed by atoms with van der Waals surface area (Å²) in [6.45, 7) is 9.15. The standard InChI is InChI=1S/C24H27N3O2/c1-16-6-9-19(10-7-16)21-22(26-13-11-25(4)12-14-26)24(29)27(23(21)28)20-15-17(2)5-8-18(20)3/h5-10,15H,11-14H2,1-4H3. The van der Waals surface area contributed by atoms with E-state index in [9.17, 15) is 9.59 Å². The average molecular weight is 389 g/mol. The zero-order valence-electron chi connectivity index (χ0n) is 17.5. The van der Waals surface area contributed by atoms with Crippen molar-refractivity contribution in [1.29, 1.82) is 0 Å². The Balaban J connectivity index is 1.83. The van der Waals surface area contributed by atoms with Gasteiger partial charge in [-0.15, -0.1) is 0 Å². The first-order valence-corrected chi connectivity index (χ1v) is 10.1. The predicted octanol–water partition coefficient (Wildman–Crippen LogP) is 3.14. The number of anilines is 1. The van der Waals surface area contributed by atoms with E-state index in [1.807, 2.05) is 63.2 Å². The van der Waals surface area contributed by atoms with Gasteiger partial charge < -0.3 is 9.80 Å². The lowest BCUT2D eigenvalue weighted by Crippen LogP contribution is -2.46. The molecule has 5 nitrogen and oxygen atoms in total. The van der Waals surface area contributed by atoms with Crippen molar-refractivity contribution in [1.82, 2.24) is 9.80 Å². The lowest BCUT2D eigenvalue weighted by atomic mass is 10.0. The van der Waals surface area contributed by atoms with Gasteiger partial charge in [-0.1, -0.05) is 42.0 Å². The Hall–Kier alpha value is -2.92. The van der Waals surface area contributed by atoms with Gasteiger partial charge in [-0.05, 0) is 50.6 Å². The van der Waals surface area contributed by atoms with Gasteiger partial charge in [0, 0.05) is 26.2 Å². The molecule has 2 aromatic rings. The van der Waals surface area contributed by atoms with Crippen molar-refractivity contribution in [2.45, 2.75) is 20.8 Å². The summed E-state index contributed by atoms with van der Waals surface area (Å²) in [6, 6.07) is 13.7. The van der Waals surface area contributed by atoms with Crippen LogP contribution >= 0.6 is 0 Å². The summed E-state index contributed by atoms with van der Waals surface area (Å²) in [5.41, 5.74) is 5.59. The van der Waals surface area contributed by atoms with Gasteiger partial charge in [-0.3, -0.25) is 9.59 Å². The smallest absolute Gasteiger partial charge is 0.282 e. The lowest BCUT2D eigenvalue weighted by Gasteiger charge is -2.34. The highest BCUT2D eigenvalue weighted by atomic mass is 16.2. The molecule has 0 spiro atoms. The van der Waals surface area contributed by atoms with Gasteiger partial charge in [-0.2, -0.15) is 0 Å². The number of hydrogen-bond donors (Lipinski definition) is 0. The van der Waals surface area contributed by atoms with E-state index in [0.29, 0.717) is 17.0 Å². The Morgan fingerprint density at radius 3 is 2.03 bits per heavy atom. The Labute approximate surface area is 172 Å². The van der Waals surface area contributed by atoms with Crippen LogP contribution in [0.15, 0.2) is 48.2 Å². The minimum Gasteiger partial charge on any atom is -0.364 e. The molecule has 2 aliphatic rings. The number of piperazine rings is 1. The molecule has 0 unspecified atom stereocenters. The van der Waals surface area contributed by atoms with Gasteiger partial charge in [0.05, 0.1) is 11.3 Å². The van der Waals surface area contributed by atoms with Gasteiger partial charge in [0.25, 0.3) is 11.8 Å². The molecular weight excluding hydrogens is 362 g/mol. The predicted molar refractivity (Wildman–Crippen MR) is 116 cm³/mol. The monoisotopic (exact) mass is 389 g/mol. The van der Waals surface area contributed by atoms with Crippen molar-refractivity contribution >= 4 is 23.1 Å². The second-order valence-corrected chi connectivity index (χ2v) is 8.12. The normalized spacial score (nSPS) is 18.2. The van der Waals surface area contributed by atoms with E-state index in [1.54, 1.807) is 0 Å². The van der Waals surface area contributed by atoms with E-state index in [4.69, 9.17) is 0 Å². The van der Waals surface area contributed by atoms with E-state index in [0.717, 1.165) is 48.4 Å². The quantitative estimate of drug-likeness (QED) is 0.757. The average Bonchev–Trinajstić information content (AvgIpc) is 2.95. The number of rotatable bonds is 3. The van der Waals surface area contributed by atoms with Gasteiger partial charge in [0.1, 0.15) is 5.70 Å². The molecule has 0 aliphatic carbocycles. The van der Waals surface area contributed by atoms with Crippen molar-refractivity contribution in [2.24, 2.45) is 0 Å². The molecule has 0 bridgehead atoms. The fraction of sp³-hybridized carbons (Fsp3) is 0.333. The third kappa shape index (κ3) is 3.47. The van der Waals surface area contributed by atoms with E-state index < -0.39 is 0 Å². The van der Waals surface area contributed by atoms with Crippen LogP contribution in [0.25, 0.3) is 5.57 Å². The van der Waals surface area contributed by atoms with Crippen LogP contribution in [0, 0.1) is 20.8 Å². The third-order valence-corrected chi connectivity index (χ3v) is 5.82. The maximum Gasteiger partial charge on any atom is 0.282 e. The van der Waals surface area contributed by atoms with Crippen LogP contribution in [0.2, 0.25) is 0 Å². The van der Waals surface area contributed by atoms with E-state index in [1.165, 1.54) is 4.90 Å². The van der Waals surface area contributed by atoms with E-state index in [2.05, 4.69) is 16.8 Å². The first-order chi connectivity index (χ1) is 13.9. The molecule has 0 aromatic heterocycles. The summed E-state index contributed by atoms with van der Waals surface area (Å²) < 4.78 is 0. The summed E-state index contributed by atoms with van der Waals surface area (Å²) in [4.78, 5) is 32.9. The Kier molecular flexibility index (Phi) is 5.01. The highest BCUT2D eigenvalue weighted by Gasteiger charge is 2.43. The first kappa shape index (κ1) is 19.4. The number of aryl methyl sites for hydroxylation is 3. The SMILES string of the molecule is Cc1ccc(C2=C(N3CCN(C)CC3)C(=O)N(c3cc(C)ccc3C)C2=O)cc1. The topological polar surface area (TPSA) is 43.9 Å². The summed E-state index contributed by atoms with van der Waals surface area (Å²) in [5, 5.41) is 0. The maximum atomic E-state index is 13.6. The molecular formula is C24H27N3O2. The molecule has 4 rings (SSSR count). The number of likely N-dealkylation sites (N-methyl/N-ethyl adjacent to an activating group) is 1. The minimum atomic E-state index is -0.235. The van der Waals surface area contributed by atoms with Crippen LogP contribution in [-0.2, 0) is 9.59 Å². The Morgan fingerprint density at radius 2 is 1.38 bits per heavy atom. The zero-order chi connectivity index (χ0) is 20.7. The van der Waals surface area contributed by atoms with Gasteiger partial charge in [0.15, 0.2) is 0 Å². The number of imide groups is 1. The summed E-state index contributed by atoms with van der Waals surface area (Å²) >= 11 is 0. The highest BCUT2D eigenvalue weighted by Crippen LogP contribution is 2.36. The van der Waals surface area contributed by atoms with Crippen molar-refractivity contribution in [2.75, 3.05) is 38.1 Å². The molecule has 150 valence electrons. The summed E-state index contributed by atoms with van der Waals surface area (Å²) in [6.07, 6.45) is 0. The number of hydrogen-bond acceptors (Lipinski definition) is 4. The van der Waals surface area contributed by atoms with Gasteiger partial charge in [0.2, 0.25) is 0 Å². The van der Waals surface area contributed by atoms with Crippen LogP contribution < -0.4 is 4.90 Å².